The summed E-state index contributed by atoms with van der Waals surface area (Å²) in [5.74, 6) is 1.53. The van der Waals surface area contributed by atoms with Gasteiger partial charge in [0.1, 0.15) is 18.9 Å². The second kappa shape index (κ2) is 16.2. The van der Waals surface area contributed by atoms with E-state index in [1.165, 1.54) is 114 Å². The number of aromatic nitrogens is 2. The van der Waals surface area contributed by atoms with Crippen LogP contribution in [0.5, 0.6) is 0 Å². The molecular weight excluding hydrogens is 364 g/mol. The Labute approximate surface area is 186 Å². The molecule has 30 heavy (non-hydrogen) atoms. The third-order valence-electron chi connectivity index (χ3n) is 6.29. The lowest BCUT2D eigenvalue weighted by Gasteiger charge is -2.07. The van der Waals surface area contributed by atoms with Crippen LogP contribution in [0, 0.1) is 0 Å². The van der Waals surface area contributed by atoms with Crippen molar-refractivity contribution in [1.29, 1.82) is 0 Å². The van der Waals surface area contributed by atoms with Crippen LogP contribution in [0.25, 0.3) is 0 Å². The van der Waals surface area contributed by atoms with Gasteiger partial charge in [-0.1, -0.05) is 115 Å². The van der Waals surface area contributed by atoms with Crippen molar-refractivity contribution in [2.75, 3.05) is 0 Å². The van der Waals surface area contributed by atoms with Gasteiger partial charge in [0, 0.05) is 6.42 Å². The summed E-state index contributed by atoms with van der Waals surface area (Å²) in [5.41, 5.74) is 1.40. The van der Waals surface area contributed by atoms with Crippen LogP contribution < -0.4 is 4.57 Å². The second-order valence-corrected chi connectivity index (χ2v) is 9.01. The van der Waals surface area contributed by atoms with E-state index in [0.717, 1.165) is 6.54 Å². The van der Waals surface area contributed by atoms with E-state index < -0.39 is 0 Å². The molecule has 1 heterocycles. The Bertz CT molecular complexity index is 644. The van der Waals surface area contributed by atoms with E-state index in [1.54, 1.807) is 0 Å². The van der Waals surface area contributed by atoms with Crippen molar-refractivity contribution in [1.82, 2.24) is 4.57 Å². The van der Waals surface area contributed by atoms with Crippen LogP contribution in [0.2, 0.25) is 0 Å². The molecule has 2 heteroatoms. The summed E-state index contributed by atoms with van der Waals surface area (Å²) in [5, 5.41) is 0. The molecule has 2 rings (SSSR count). The molecule has 1 aromatic carbocycles. The van der Waals surface area contributed by atoms with Crippen molar-refractivity contribution < 1.29 is 4.57 Å². The molecule has 0 aliphatic rings. The normalized spacial score (nSPS) is 11.3. The minimum atomic E-state index is 0.997. The number of benzene rings is 1. The van der Waals surface area contributed by atoms with Gasteiger partial charge in [0.05, 0.1) is 6.54 Å². The molecule has 0 amide bonds. The number of rotatable bonds is 18. The molecule has 0 aliphatic heterocycles. The molecular formula is C28H47N2+. The Morgan fingerprint density at radius 3 is 1.87 bits per heavy atom. The van der Waals surface area contributed by atoms with Crippen LogP contribution in [-0.2, 0) is 19.5 Å². The number of hydrogen-bond donors (Lipinski definition) is 0. The van der Waals surface area contributed by atoms with Gasteiger partial charge in [0.2, 0.25) is 0 Å². The molecule has 0 aliphatic carbocycles. The topological polar surface area (TPSA) is 8.81 Å². The zero-order valence-electron chi connectivity index (χ0n) is 20.0. The van der Waals surface area contributed by atoms with E-state index in [-0.39, 0.29) is 0 Å². The molecule has 2 nitrogen and oxygen atoms in total. The van der Waals surface area contributed by atoms with E-state index in [2.05, 4.69) is 65.7 Å². The smallest absolute Gasteiger partial charge is 0.234 e. The van der Waals surface area contributed by atoms with Crippen LogP contribution >= 0.6 is 0 Å². The molecule has 0 bridgehead atoms. The lowest BCUT2D eigenvalue weighted by Crippen LogP contribution is -2.37. The highest BCUT2D eigenvalue weighted by atomic mass is 15.1. The Kier molecular flexibility index (Phi) is 13.3. The molecule has 0 radical (unpaired) electrons. The monoisotopic (exact) mass is 411 g/mol. The molecule has 0 atom stereocenters. The maximum Gasteiger partial charge on any atom is 0.256 e. The number of imidazole rings is 1. The zero-order valence-corrected chi connectivity index (χ0v) is 20.0. The van der Waals surface area contributed by atoms with Crippen LogP contribution in [0.4, 0.5) is 0 Å². The molecule has 168 valence electrons. The first kappa shape index (κ1) is 24.7. The average molecular weight is 412 g/mol. The van der Waals surface area contributed by atoms with Crippen LogP contribution in [0.3, 0.4) is 0 Å². The highest BCUT2D eigenvalue weighted by Gasteiger charge is 2.17. The Morgan fingerprint density at radius 1 is 0.667 bits per heavy atom. The van der Waals surface area contributed by atoms with Gasteiger partial charge in [-0.25, -0.2) is 9.13 Å². The summed E-state index contributed by atoms with van der Waals surface area (Å²) in [6, 6.07) is 10.9. The third-order valence-corrected chi connectivity index (χ3v) is 6.29. The van der Waals surface area contributed by atoms with Crippen LogP contribution in [0.1, 0.15) is 115 Å². The van der Waals surface area contributed by atoms with Gasteiger partial charge in [-0.15, -0.1) is 0 Å². The minimum Gasteiger partial charge on any atom is -0.234 e. The van der Waals surface area contributed by atoms with Crippen LogP contribution in [-0.4, -0.2) is 4.57 Å². The summed E-state index contributed by atoms with van der Waals surface area (Å²) < 4.78 is 5.04. The largest absolute Gasteiger partial charge is 0.256 e. The fourth-order valence-corrected chi connectivity index (χ4v) is 4.39. The van der Waals surface area contributed by atoms with Gasteiger partial charge in [0.15, 0.2) is 0 Å². The molecule has 0 fully saturated rings. The number of hydrogen-bond acceptors (Lipinski definition) is 0. The van der Waals surface area contributed by atoms with Gasteiger partial charge in [-0.3, -0.25) is 0 Å². The van der Waals surface area contributed by atoms with Crippen LogP contribution in [0.15, 0.2) is 42.7 Å². The minimum absolute atomic E-state index is 0.997. The summed E-state index contributed by atoms with van der Waals surface area (Å²) in [4.78, 5) is 0. The predicted octanol–water partition coefficient (Wildman–Crippen LogP) is 7.87. The number of unbranched alkanes of at least 4 members (excludes halogenated alkanes) is 12. The van der Waals surface area contributed by atoms with Crippen molar-refractivity contribution in [2.45, 2.75) is 123 Å². The van der Waals surface area contributed by atoms with Gasteiger partial charge in [0.25, 0.3) is 5.82 Å². The Balaban J connectivity index is 1.84. The molecule has 0 saturated carbocycles. The van der Waals surface area contributed by atoms with E-state index in [0.29, 0.717) is 0 Å². The Morgan fingerprint density at radius 2 is 1.23 bits per heavy atom. The summed E-state index contributed by atoms with van der Waals surface area (Å²) in [7, 11) is 0. The first-order chi connectivity index (χ1) is 14.8. The highest BCUT2D eigenvalue weighted by Crippen LogP contribution is 2.12. The maximum absolute atomic E-state index is 2.55. The van der Waals surface area contributed by atoms with Crippen molar-refractivity contribution >= 4 is 0 Å². The molecule has 1 aromatic heterocycles. The summed E-state index contributed by atoms with van der Waals surface area (Å²) >= 11 is 0. The first-order valence-corrected chi connectivity index (χ1v) is 13.0. The zero-order chi connectivity index (χ0) is 21.3. The molecule has 0 N–H and O–H groups in total. The predicted molar refractivity (Wildman–Crippen MR) is 130 cm³/mol. The van der Waals surface area contributed by atoms with Crippen molar-refractivity contribution in [3.8, 4) is 0 Å². The summed E-state index contributed by atoms with van der Waals surface area (Å²) in [6.07, 6.45) is 25.2. The Hall–Kier alpha value is -1.57. The number of aryl methyl sites for hydroxylation is 1. The van der Waals surface area contributed by atoms with E-state index in [4.69, 9.17) is 0 Å². The van der Waals surface area contributed by atoms with Gasteiger partial charge in [-0.05, 0) is 24.8 Å². The molecule has 0 unspecified atom stereocenters. The molecule has 0 saturated heterocycles. The van der Waals surface area contributed by atoms with E-state index in [1.807, 2.05) is 0 Å². The standard InChI is InChI=1S/C28H47N2/c1-3-5-7-9-11-13-18-22-28-29(23-19-14-12-10-8-6-4-2)24-25-30(28)26-27-20-16-15-17-21-27/h15-17,20-21,24-25H,3-14,18-19,22-23,26H2,1-2H3/q+1. The second-order valence-electron chi connectivity index (χ2n) is 9.01. The van der Waals surface area contributed by atoms with Crippen molar-refractivity contribution in [3.63, 3.8) is 0 Å². The molecule has 2 aromatic rings. The quantitative estimate of drug-likeness (QED) is 0.174. The third kappa shape index (κ3) is 9.96. The fraction of sp³-hybridized carbons (Fsp3) is 0.679. The van der Waals surface area contributed by atoms with E-state index in [9.17, 15) is 0 Å². The fourth-order valence-electron chi connectivity index (χ4n) is 4.39. The average Bonchev–Trinajstić information content (AvgIpc) is 3.14. The van der Waals surface area contributed by atoms with E-state index >= 15 is 0 Å². The lowest BCUT2D eigenvalue weighted by atomic mass is 10.1. The highest BCUT2D eigenvalue weighted by molar-refractivity contribution is 5.15. The van der Waals surface area contributed by atoms with Crippen molar-refractivity contribution in [3.05, 3.63) is 54.1 Å². The van der Waals surface area contributed by atoms with Crippen molar-refractivity contribution in [2.24, 2.45) is 0 Å². The van der Waals surface area contributed by atoms with Gasteiger partial charge < -0.3 is 0 Å². The van der Waals surface area contributed by atoms with Gasteiger partial charge >= 0.3 is 0 Å². The maximum atomic E-state index is 2.55. The first-order valence-electron chi connectivity index (χ1n) is 13.0. The SMILES string of the molecule is CCCCCCCCCc1n(Cc2ccccc2)cc[n+]1CCCCCCCCC. The number of nitrogens with zero attached hydrogens (tertiary/aromatic N) is 2. The lowest BCUT2D eigenvalue weighted by molar-refractivity contribution is -0.704. The summed E-state index contributed by atoms with van der Waals surface area (Å²) in [6.45, 7) is 6.77. The van der Waals surface area contributed by atoms with Gasteiger partial charge in [-0.2, -0.15) is 0 Å². The molecule has 0 spiro atoms.